The van der Waals surface area contributed by atoms with Crippen molar-refractivity contribution in [3.63, 3.8) is 0 Å². The average Bonchev–Trinajstić information content (AvgIpc) is 2.95. The van der Waals surface area contributed by atoms with Crippen LogP contribution in [0.5, 0.6) is 5.75 Å². The molecule has 0 bridgehead atoms. The van der Waals surface area contributed by atoms with Crippen molar-refractivity contribution in [3.05, 3.63) is 29.3 Å². The van der Waals surface area contributed by atoms with E-state index in [1.165, 1.54) is 0 Å². The Hall–Kier alpha value is -1.46. The molecular weight excluding hydrogens is 270 g/mol. The molecule has 0 aliphatic rings. The second-order valence-corrected chi connectivity index (χ2v) is 5.65. The van der Waals surface area contributed by atoms with E-state index in [9.17, 15) is 0 Å². The molecule has 1 N–H and O–H groups in total. The Labute approximate surface area is 124 Å². The van der Waals surface area contributed by atoms with E-state index in [-0.39, 0.29) is 0 Å². The quantitative estimate of drug-likeness (QED) is 0.759. The highest BCUT2D eigenvalue weighted by molar-refractivity contribution is 7.14. The highest BCUT2D eigenvalue weighted by Gasteiger charge is 2.07. The molecule has 2 rings (SSSR count). The lowest BCUT2D eigenvalue weighted by atomic mass is 10.2. The summed E-state index contributed by atoms with van der Waals surface area (Å²) < 4.78 is 5.65. The standard InChI is InChI=1S/C15H21N3OS/c1-3-10-19-13-7-4-6-12(11-13)15-18-17-14(20-15)8-5-9-16-2/h4,6-7,11,16H,3,5,8-10H2,1-2H3. The second-order valence-electron chi connectivity index (χ2n) is 4.58. The van der Waals surface area contributed by atoms with E-state index in [2.05, 4.69) is 28.5 Å². The topological polar surface area (TPSA) is 47.0 Å². The van der Waals surface area contributed by atoms with Gasteiger partial charge < -0.3 is 10.1 Å². The fraction of sp³-hybridized carbons (Fsp3) is 0.467. The highest BCUT2D eigenvalue weighted by atomic mass is 32.1. The Morgan fingerprint density at radius 2 is 2.20 bits per heavy atom. The molecule has 1 heterocycles. The van der Waals surface area contributed by atoms with Crippen molar-refractivity contribution in [2.45, 2.75) is 26.2 Å². The number of ether oxygens (including phenoxy) is 1. The van der Waals surface area contributed by atoms with Gasteiger partial charge in [0.05, 0.1) is 6.61 Å². The Morgan fingerprint density at radius 1 is 1.30 bits per heavy atom. The maximum atomic E-state index is 5.65. The molecule has 0 saturated heterocycles. The van der Waals surface area contributed by atoms with Crippen molar-refractivity contribution >= 4 is 11.3 Å². The zero-order valence-corrected chi connectivity index (χ0v) is 12.9. The number of aryl methyl sites for hydroxylation is 1. The van der Waals surface area contributed by atoms with Crippen LogP contribution in [0.15, 0.2) is 24.3 Å². The summed E-state index contributed by atoms with van der Waals surface area (Å²) in [5.74, 6) is 0.899. The minimum atomic E-state index is 0.745. The molecule has 0 radical (unpaired) electrons. The molecule has 0 amide bonds. The first kappa shape index (κ1) is 14.9. The first-order valence-electron chi connectivity index (χ1n) is 7.03. The van der Waals surface area contributed by atoms with E-state index >= 15 is 0 Å². The number of hydrogen-bond donors (Lipinski definition) is 1. The molecule has 0 atom stereocenters. The lowest BCUT2D eigenvalue weighted by molar-refractivity contribution is 0.317. The van der Waals surface area contributed by atoms with Crippen molar-refractivity contribution in [2.75, 3.05) is 20.2 Å². The van der Waals surface area contributed by atoms with Crippen molar-refractivity contribution in [3.8, 4) is 16.3 Å². The van der Waals surface area contributed by atoms with Gasteiger partial charge in [0.2, 0.25) is 0 Å². The van der Waals surface area contributed by atoms with Crippen LogP contribution in [0.25, 0.3) is 10.6 Å². The van der Waals surface area contributed by atoms with Crippen molar-refractivity contribution < 1.29 is 4.74 Å². The average molecular weight is 291 g/mol. The van der Waals surface area contributed by atoms with Gasteiger partial charge in [-0.2, -0.15) is 0 Å². The van der Waals surface area contributed by atoms with Gasteiger partial charge in [-0.3, -0.25) is 0 Å². The fourth-order valence-electron chi connectivity index (χ4n) is 1.83. The molecule has 0 unspecified atom stereocenters. The normalized spacial score (nSPS) is 10.7. The second kappa shape index (κ2) is 7.97. The fourth-order valence-corrected chi connectivity index (χ4v) is 2.70. The maximum absolute atomic E-state index is 5.65. The predicted octanol–water partition coefficient (Wildman–Crippen LogP) is 3.15. The summed E-state index contributed by atoms with van der Waals surface area (Å²) >= 11 is 1.66. The Balaban J connectivity index is 2.03. The minimum absolute atomic E-state index is 0.745. The first-order chi connectivity index (χ1) is 9.83. The van der Waals surface area contributed by atoms with E-state index in [0.29, 0.717) is 0 Å². The molecule has 108 valence electrons. The molecule has 20 heavy (non-hydrogen) atoms. The molecule has 0 fully saturated rings. The van der Waals surface area contributed by atoms with E-state index in [4.69, 9.17) is 4.74 Å². The summed E-state index contributed by atoms with van der Waals surface area (Å²) in [6.07, 6.45) is 3.08. The van der Waals surface area contributed by atoms with Crippen molar-refractivity contribution in [2.24, 2.45) is 0 Å². The van der Waals surface area contributed by atoms with Gasteiger partial charge in [0.15, 0.2) is 0 Å². The smallest absolute Gasteiger partial charge is 0.147 e. The number of nitrogens with one attached hydrogen (secondary N) is 1. The van der Waals surface area contributed by atoms with E-state index in [0.717, 1.165) is 53.7 Å². The van der Waals surface area contributed by atoms with Crippen LogP contribution in [0.2, 0.25) is 0 Å². The van der Waals surface area contributed by atoms with Crippen LogP contribution < -0.4 is 10.1 Å². The van der Waals surface area contributed by atoms with Crippen LogP contribution in [0.4, 0.5) is 0 Å². The Bertz CT molecular complexity index is 527. The summed E-state index contributed by atoms with van der Waals surface area (Å²) in [4.78, 5) is 0. The van der Waals surface area contributed by atoms with Crippen molar-refractivity contribution in [1.82, 2.24) is 15.5 Å². The molecule has 0 spiro atoms. The van der Waals surface area contributed by atoms with Gasteiger partial charge in [-0.05, 0) is 38.6 Å². The minimum Gasteiger partial charge on any atom is -0.494 e. The van der Waals surface area contributed by atoms with Crippen LogP contribution in [-0.4, -0.2) is 30.4 Å². The van der Waals surface area contributed by atoms with Gasteiger partial charge in [0.25, 0.3) is 0 Å². The van der Waals surface area contributed by atoms with Gasteiger partial charge in [0.1, 0.15) is 15.8 Å². The molecule has 0 aliphatic carbocycles. The van der Waals surface area contributed by atoms with Crippen LogP contribution in [0, 0.1) is 0 Å². The highest BCUT2D eigenvalue weighted by Crippen LogP contribution is 2.27. The van der Waals surface area contributed by atoms with Crippen LogP contribution >= 0.6 is 11.3 Å². The van der Waals surface area contributed by atoms with Gasteiger partial charge >= 0.3 is 0 Å². The number of benzene rings is 1. The van der Waals surface area contributed by atoms with E-state index in [1.807, 2.05) is 25.2 Å². The zero-order chi connectivity index (χ0) is 14.2. The molecule has 2 aromatic rings. The van der Waals surface area contributed by atoms with Crippen molar-refractivity contribution in [1.29, 1.82) is 0 Å². The SMILES string of the molecule is CCCOc1cccc(-c2nnc(CCCNC)s2)c1. The van der Waals surface area contributed by atoms with Crippen LogP contribution in [-0.2, 0) is 6.42 Å². The summed E-state index contributed by atoms with van der Waals surface area (Å²) in [5.41, 5.74) is 1.08. The predicted molar refractivity (Wildman–Crippen MR) is 83.4 cm³/mol. The lowest BCUT2D eigenvalue weighted by Crippen LogP contribution is -2.08. The number of hydrogen-bond acceptors (Lipinski definition) is 5. The Kier molecular flexibility index (Phi) is 5.95. The number of rotatable bonds is 8. The maximum Gasteiger partial charge on any atom is 0.147 e. The lowest BCUT2D eigenvalue weighted by Gasteiger charge is -2.04. The summed E-state index contributed by atoms with van der Waals surface area (Å²) in [5, 5.41) is 13.7. The largest absolute Gasteiger partial charge is 0.494 e. The third-order valence-electron chi connectivity index (χ3n) is 2.84. The molecule has 1 aromatic heterocycles. The molecule has 4 nitrogen and oxygen atoms in total. The van der Waals surface area contributed by atoms with E-state index in [1.54, 1.807) is 11.3 Å². The van der Waals surface area contributed by atoms with Gasteiger partial charge in [-0.15, -0.1) is 10.2 Å². The number of aromatic nitrogens is 2. The molecule has 0 aliphatic heterocycles. The summed E-state index contributed by atoms with van der Waals surface area (Å²) in [6, 6.07) is 8.07. The summed E-state index contributed by atoms with van der Waals surface area (Å²) in [6.45, 7) is 3.86. The zero-order valence-electron chi connectivity index (χ0n) is 12.1. The Morgan fingerprint density at radius 3 is 3.00 bits per heavy atom. The van der Waals surface area contributed by atoms with Gasteiger partial charge in [-0.1, -0.05) is 30.4 Å². The third kappa shape index (κ3) is 4.28. The van der Waals surface area contributed by atoms with E-state index < -0.39 is 0 Å². The van der Waals surface area contributed by atoms with Crippen LogP contribution in [0.3, 0.4) is 0 Å². The molecule has 1 aromatic carbocycles. The first-order valence-corrected chi connectivity index (χ1v) is 7.85. The third-order valence-corrected chi connectivity index (χ3v) is 3.87. The van der Waals surface area contributed by atoms with Gasteiger partial charge in [0, 0.05) is 12.0 Å². The molecule has 0 saturated carbocycles. The molecular formula is C15H21N3OS. The molecule has 5 heteroatoms. The number of nitrogens with zero attached hydrogens (tertiary/aromatic N) is 2. The van der Waals surface area contributed by atoms with Crippen LogP contribution in [0.1, 0.15) is 24.8 Å². The summed E-state index contributed by atoms with van der Waals surface area (Å²) in [7, 11) is 1.97. The van der Waals surface area contributed by atoms with Gasteiger partial charge in [-0.25, -0.2) is 0 Å². The monoisotopic (exact) mass is 291 g/mol.